The van der Waals surface area contributed by atoms with Crippen LogP contribution in [0.1, 0.15) is 16.8 Å². The molecule has 0 saturated carbocycles. The summed E-state index contributed by atoms with van der Waals surface area (Å²) in [5.41, 5.74) is 0.0388. The van der Waals surface area contributed by atoms with E-state index < -0.39 is 17.2 Å². The molecule has 2 aromatic rings. The van der Waals surface area contributed by atoms with Gasteiger partial charge < -0.3 is 15.2 Å². The molecule has 0 atom stereocenters. The Morgan fingerprint density at radius 3 is 2.86 bits per heavy atom. The third-order valence-corrected chi connectivity index (χ3v) is 3.16. The third-order valence-electron chi connectivity index (χ3n) is 3.16. The molecular formula is C15H18FN3O2. The van der Waals surface area contributed by atoms with Crippen molar-refractivity contribution in [3.05, 3.63) is 46.0 Å². The molecule has 0 aliphatic rings. The van der Waals surface area contributed by atoms with Crippen LogP contribution >= 0.6 is 0 Å². The van der Waals surface area contributed by atoms with E-state index in [0.717, 1.165) is 19.0 Å². The molecule has 1 aromatic carbocycles. The van der Waals surface area contributed by atoms with Crippen LogP contribution in [-0.2, 0) is 0 Å². The smallest absolute Gasteiger partial charge is 0.256 e. The highest BCUT2D eigenvalue weighted by molar-refractivity contribution is 5.97. The number of benzene rings is 1. The molecule has 0 fully saturated rings. The fraction of sp³-hybridized carbons (Fsp3) is 0.333. The number of aromatic amines is 1. The number of nitrogens with one attached hydrogen (secondary N) is 2. The van der Waals surface area contributed by atoms with E-state index in [4.69, 9.17) is 0 Å². The van der Waals surface area contributed by atoms with Crippen molar-refractivity contribution in [2.75, 3.05) is 27.2 Å². The first-order valence-corrected chi connectivity index (χ1v) is 6.73. The number of fused-ring (bicyclic) bond motifs is 1. The molecule has 0 aliphatic carbocycles. The van der Waals surface area contributed by atoms with Gasteiger partial charge in [0, 0.05) is 23.6 Å². The molecule has 112 valence electrons. The minimum atomic E-state index is -0.503. The predicted molar refractivity (Wildman–Crippen MR) is 80.0 cm³/mol. The second-order valence-corrected chi connectivity index (χ2v) is 5.13. The van der Waals surface area contributed by atoms with Gasteiger partial charge in [-0.3, -0.25) is 9.59 Å². The molecule has 21 heavy (non-hydrogen) atoms. The number of amides is 1. The van der Waals surface area contributed by atoms with Crippen molar-refractivity contribution in [1.82, 2.24) is 15.2 Å². The van der Waals surface area contributed by atoms with Gasteiger partial charge in [0.1, 0.15) is 11.4 Å². The highest BCUT2D eigenvalue weighted by atomic mass is 19.1. The zero-order valence-corrected chi connectivity index (χ0v) is 12.1. The van der Waals surface area contributed by atoms with Crippen LogP contribution in [0.3, 0.4) is 0 Å². The highest BCUT2D eigenvalue weighted by Gasteiger charge is 2.12. The molecule has 5 nitrogen and oxygen atoms in total. The lowest BCUT2D eigenvalue weighted by atomic mass is 10.1. The molecule has 1 heterocycles. The van der Waals surface area contributed by atoms with Crippen LogP contribution in [0, 0.1) is 5.82 Å². The van der Waals surface area contributed by atoms with Crippen LogP contribution < -0.4 is 10.7 Å². The molecule has 0 saturated heterocycles. The fourth-order valence-electron chi connectivity index (χ4n) is 2.05. The lowest BCUT2D eigenvalue weighted by molar-refractivity contribution is 0.0951. The lowest BCUT2D eigenvalue weighted by Crippen LogP contribution is -2.31. The van der Waals surface area contributed by atoms with Gasteiger partial charge in [0.05, 0.1) is 0 Å². The SMILES string of the molecule is CN(C)CCCNC(=O)c1c[nH]c2ccc(F)cc2c1=O. The summed E-state index contributed by atoms with van der Waals surface area (Å²) < 4.78 is 13.2. The Kier molecular flexibility index (Phi) is 4.70. The minimum absolute atomic E-state index is 0.00190. The van der Waals surface area contributed by atoms with E-state index in [-0.39, 0.29) is 10.9 Å². The molecule has 0 bridgehead atoms. The van der Waals surface area contributed by atoms with Gasteiger partial charge in [0.15, 0.2) is 0 Å². The topological polar surface area (TPSA) is 65.2 Å². The highest BCUT2D eigenvalue weighted by Crippen LogP contribution is 2.10. The van der Waals surface area contributed by atoms with Crippen LogP contribution in [-0.4, -0.2) is 43.0 Å². The van der Waals surface area contributed by atoms with Crippen molar-refractivity contribution in [3.8, 4) is 0 Å². The Labute approximate surface area is 121 Å². The van der Waals surface area contributed by atoms with Crippen molar-refractivity contribution in [2.45, 2.75) is 6.42 Å². The molecule has 2 rings (SSSR count). The summed E-state index contributed by atoms with van der Waals surface area (Å²) in [5.74, 6) is -0.947. The number of pyridine rings is 1. The maximum Gasteiger partial charge on any atom is 0.256 e. The van der Waals surface area contributed by atoms with Crippen LogP contribution in [0.2, 0.25) is 0 Å². The fourth-order valence-corrected chi connectivity index (χ4v) is 2.05. The first-order chi connectivity index (χ1) is 9.99. The van der Waals surface area contributed by atoms with Crippen LogP contribution in [0.25, 0.3) is 10.9 Å². The number of hydrogen-bond donors (Lipinski definition) is 2. The summed E-state index contributed by atoms with van der Waals surface area (Å²) in [4.78, 5) is 29.1. The van der Waals surface area contributed by atoms with Crippen molar-refractivity contribution in [3.63, 3.8) is 0 Å². The first-order valence-electron chi connectivity index (χ1n) is 6.73. The summed E-state index contributed by atoms with van der Waals surface area (Å²) in [5, 5.41) is 2.87. The van der Waals surface area contributed by atoms with E-state index in [1.54, 1.807) is 0 Å². The van der Waals surface area contributed by atoms with Gasteiger partial charge >= 0.3 is 0 Å². The van der Waals surface area contributed by atoms with Crippen LogP contribution in [0.4, 0.5) is 4.39 Å². The molecule has 6 heteroatoms. The maximum atomic E-state index is 13.2. The van der Waals surface area contributed by atoms with E-state index in [2.05, 4.69) is 10.3 Å². The van der Waals surface area contributed by atoms with E-state index >= 15 is 0 Å². The number of nitrogens with zero attached hydrogens (tertiary/aromatic N) is 1. The Hall–Kier alpha value is -2.21. The zero-order chi connectivity index (χ0) is 15.4. The van der Waals surface area contributed by atoms with Gasteiger partial charge in [-0.1, -0.05) is 0 Å². The van der Waals surface area contributed by atoms with E-state index in [9.17, 15) is 14.0 Å². The molecule has 1 aromatic heterocycles. The minimum Gasteiger partial charge on any atom is -0.360 e. The van der Waals surface area contributed by atoms with Gasteiger partial charge in [-0.05, 0) is 45.3 Å². The molecule has 0 aliphatic heterocycles. The Morgan fingerprint density at radius 1 is 1.38 bits per heavy atom. The molecule has 1 amide bonds. The Morgan fingerprint density at radius 2 is 2.14 bits per heavy atom. The number of H-pyrrole nitrogens is 1. The zero-order valence-electron chi connectivity index (χ0n) is 12.1. The third kappa shape index (κ3) is 3.66. The van der Waals surface area contributed by atoms with E-state index in [1.165, 1.54) is 18.3 Å². The number of hydrogen-bond acceptors (Lipinski definition) is 3. The largest absolute Gasteiger partial charge is 0.360 e. The average Bonchev–Trinajstić information content (AvgIpc) is 2.44. The maximum absolute atomic E-state index is 13.2. The number of carbonyl (C=O) groups is 1. The van der Waals surface area contributed by atoms with Gasteiger partial charge in [-0.15, -0.1) is 0 Å². The second-order valence-electron chi connectivity index (χ2n) is 5.13. The predicted octanol–water partition coefficient (Wildman–Crippen LogP) is 1.35. The van der Waals surface area contributed by atoms with Crippen LogP contribution in [0.5, 0.6) is 0 Å². The second kappa shape index (κ2) is 6.49. The van der Waals surface area contributed by atoms with E-state index in [0.29, 0.717) is 12.1 Å². The number of halogens is 1. The Balaban J connectivity index is 2.16. The molecular weight excluding hydrogens is 273 g/mol. The quantitative estimate of drug-likeness (QED) is 0.817. The summed E-state index contributed by atoms with van der Waals surface area (Å²) in [7, 11) is 3.90. The van der Waals surface area contributed by atoms with Crippen molar-refractivity contribution >= 4 is 16.8 Å². The number of rotatable bonds is 5. The normalized spacial score (nSPS) is 11.0. The van der Waals surface area contributed by atoms with Gasteiger partial charge in [-0.2, -0.15) is 0 Å². The van der Waals surface area contributed by atoms with Gasteiger partial charge in [0.2, 0.25) is 5.43 Å². The van der Waals surface area contributed by atoms with Crippen LogP contribution in [0.15, 0.2) is 29.2 Å². The molecule has 0 radical (unpaired) electrons. The summed E-state index contributed by atoms with van der Waals surface area (Å²) in [6.07, 6.45) is 2.16. The summed E-state index contributed by atoms with van der Waals surface area (Å²) >= 11 is 0. The van der Waals surface area contributed by atoms with Crippen molar-refractivity contribution < 1.29 is 9.18 Å². The molecule has 0 spiro atoms. The summed E-state index contributed by atoms with van der Waals surface area (Å²) in [6, 6.07) is 3.88. The van der Waals surface area contributed by atoms with Crippen molar-refractivity contribution in [1.29, 1.82) is 0 Å². The molecule has 0 unspecified atom stereocenters. The number of carbonyl (C=O) groups excluding carboxylic acids is 1. The first kappa shape index (κ1) is 15.2. The van der Waals surface area contributed by atoms with Crippen molar-refractivity contribution in [2.24, 2.45) is 0 Å². The van der Waals surface area contributed by atoms with E-state index in [1.807, 2.05) is 19.0 Å². The molecule has 2 N–H and O–H groups in total. The Bertz CT molecular complexity index is 710. The standard InChI is InChI=1S/C15H18FN3O2/c1-19(2)7-3-6-17-15(21)12-9-18-13-5-4-10(16)8-11(13)14(12)20/h4-5,8-9H,3,6-7H2,1-2H3,(H,17,21)(H,18,20). The monoisotopic (exact) mass is 291 g/mol. The average molecular weight is 291 g/mol. The van der Waals surface area contributed by atoms with Gasteiger partial charge in [-0.25, -0.2) is 4.39 Å². The van der Waals surface area contributed by atoms with Gasteiger partial charge in [0.25, 0.3) is 5.91 Å². The number of aromatic nitrogens is 1. The lowest BCUT2D eigenvalue weighted by Gasteiger charge is -2.10. The summed E-state index contributed by atoms with van der Waals surface area (Å²) in [6.45, 7) is 1.33.